The minimum absolute atomic E-state index is 0.139. The predicted octanol–water partition coefficient (Wildman–Crippen LogP) is 3.64. The zero-order valence-corrected chi connectivity index (χ0v) is 18.4. The zero-order valence-electron chi connectivity index (χ0n) is 17.6. The van der Waals surface area contributed by atoms with Gasteiger partial charge < -0.3 is 10.1 Å². The maximum atomic E-state index is 12.8. The maximum Gasteiger partial charge on any atom is 0.339 e. The number of ether oxygens (including phenoxy) is 1. The van der Waals surface area contributed by atoms with Gasteiger partial charge in [0.2, 0.25) is 10.0 Å². The number of hydrogen-bond donors (Lipinski definition) is 1. The van der Waals surface area contributed by atoms with Gasteiger partial charge in [-0.05, 0) is 53.6 Å². The fraction of sp³-hybridized carbons (Fsp3) is 0.167. The van der Waals surface area contributed by atoms with Gasteiger partial charge in [0.05, 0.1) is 10.5 Å². The van der Waals surface area contributed by atoms with Crippen molar-refractivity contribution in [2.24, 2.45) is 0 Å². The first-order valence-corrected chi connectivity index (χ1v) is 11.4. The molecule has 0 bridgehead atoms. The van der Waals surface area contributed by atoms with E-state index < -0.39 is 22.1 Å². The third-order valence-corrected chi connectivity index (χ3v) is 7.13. The Labute approximate surface area is 186 Å². The van der Waals surface area contributed by atoms with E-state index in [1.807, 2.05) is 30.3 Å². The summed E-state index contributed by atoms with van der Waals surface area (Å²) in [6.07, 6.45) is 0.0734. The molecule has 0 saturated carbocycles. The highest BCUT2D eigenvalue weighted by Crippen LogP contribution is 2.31. The van der Waals surface area contributed by atoms with Gasteiger partial charge >= 0.3 is 5.97 Å². The van der Waals surface area contributed by atoms with Crippen molar-refractivity contribution < 1.29 is 22.7 Å². The number of nitrogens with one attached hydrogen (secondary N) is 1. The summed E-state index contributed by atoms with van der Waals surface area (Å²) in [4.78, 5) is 25.3. The molecule has 0 fully saturated rings. The highest BCUT2D eigenvalue weighted by molar-refractivity contribution is 7.89. The molecule has 1 unspecified atom stereocenters. The van der Waals surface area contributed by atoms with Crippen molar-refractivity contribution in [1.82, 2.24) is 4.31 Å². The van der Waals surface area contributed by atoms with Crippen LogP contribution in [0, 0.1) is 0 Å². The smallest absolute Gasteiger partial charge is 0.339 e. The molecule has 8 heteroatoms. The fourth-order valence-corrected chi connectivity index (χ4v) is 4.42. The molecule has 4 rings (SSSR count). The van der Waals surface area contributed by atoms with E-state index in [4.69, 9.17) is 4.74 Å². The first kappa shape index (κ1) is 21.7. The Balaban J connectivity index is 1.53. The van der Waals surface area contributed by atoms with Gasteiger partial charge in [-0.25, -0.2) is 17.5 Å². The molecule has 1 aliphatic rings. The molecule has 0 spiro atoms. The van der Waals surface area contributed by atoms with Gasteiger partial charge in [0, 0.05) is 31.8 Å². The van der Waals surface area contributed by atoms with Crippen molar-refractivity contribution in [2.45, 2.75) is 17.4 Å². The van der Waals surface area contributed by atoms with Crippen LogP contribution in [-0.2, 0) is 21.2 Å². The number of carbonyl (C=O) groups excluding carboxylic acids is 2. The van der Waals surface area contributed by atoms with Gasteiger partial charge in [-0.15, -0.1) is 0 Å². The summed E-state index contributed by atoms with van der Waals surface area (Å²) in [6, 6.07) is 20.3. The Kier molecular flexibility index (Phi) is 5.82. The lowest BCUT2D eigenvalue weighted by atomic mass is 9.93. The lowest BCUT2D eigenvalue weighted by Gasteiger charge is -2.25. The molecule has 1 N–H and O–H groups in total. The van der Waals surface area contributed by atoms with E-state index in [-0.39, 0.29) is 10.8 Å². The number of nitrogens with zero attached hydrogens (tertiary/aromatic N) is 1. The number of hydrogen-bond acceptors (Lipinski definition) is 5. The number of sulfonamides is 1. The third-order valence-electron chi connectivity index (χ3n) is 5.30. The van der Waals surface area contributed by atoms with Gasteiger partial charge in [-0.2, -0.15) is 0 Å². The number of rotatable bonds is 5. The van der Waals surface area contributed by atoms with E-state index in [9.17, 15) is 18.0 Å². The highest BCUT2D eigenvalue weighted by atomic mass is 32.2. The van der Waals surface area contributed by atoms with Gasteiger partial charge in [-0.3, -0.25) is 4.79 Å². The van der Waals surface area contributed by atoms with Gasteiger partial charge in [0.15, 0.2) is 0 Å². The summed E-state index contributed by atoms with van der Waals surface area (Å²) >= 11 is 0. The van der Waals surface area contributed by atoms with Crippen LogP contribution < -0.4 is 5.32 Å². The Hall–Kier alpha value is -3.49. The van der Waals surface area contributed by atoms with E-state index in [1.165, 1.54) is 38.4 Å². The first-order chi connectivity index (χ1) is 15.3. The van der Waals surface area contributed by atoms with Crippen LogP contribution in [0.25, 0.3) is 0 Å². The number of esters is 1. The Morgan fingerprint density at radius 2 is 1.69 bits per heavy atom. The summed E-state index contributed by atoms with van der Waals surface area (Å²) in [7, 11) is -0.626. The average Bonchev–Trinajstić information content (AvgIpc) is 2.79. The molecule has 164 valence electrons. The van der Waals surface area contributed by atoms with Crippen LogP contribution >= 0.6 is 0 Å². The highest BCUT2D eigenvalue weighted by Gasteiger charge is 2.28. The number of carbonyl (C=O) groups is 2. The molecule has 7 nitrogen and oxygen atoms in total. The van der Waals surface area contributed by atoms with Crippen LogP contribution in [0.4, 0.5) is 5.69 Å². The van der Waals surface area contributed by atoms with Crippen molar-refractivity contribution in [3.8, 4) is 0 Å². The lowest BCUT2D eigenvalue weighted by molar-refractivity contribution is 0.0252. The first-order valence-electron chi connectivity index (χ1n) is 9.98. The lowest BCUT2D eigenvalue weighted by Crippen LogP contribution is -2.23. The topological polar surface area (TPSA) is 92.8 Å². The van der Waals surface area contributed by atoms with Crippen LogP contribution in [0.2, 0.25) is 0 Å². The third kappa shape index (κ3) is 4.28. The molecule has 1 heterocycles. The van der Waals surface area contributed by atoms with Crippen LogP contribution in [0.15, 0.2) is 77.7 Å². The van der Waals surface area contributed by atoms with Crippen LogP contribution in [0.5, 0.6) is 0 Å². The van der Waals surface area contributed by atoms with Crippen LogP contribution in [0.3, 0.4) is 0 Å². The van der Waals surface area contributed by atoms with E-state index in [0.29, 0.717) is 23.2 Å². The van der Waals surface area contributed by atoms with Crippen molar-refractivity contribution in [1.29, 1.82) is 0 Å². The molecule has 1 aliphatic heterocycles. The SMILES string of the molecule is CN(C)S(=O)(=O)c1ccc(NC(=O)c2ccc3c(c2)CC(c2ccccc2)OC3=O)cc1. The molecular weight excluding hydrogens is 428 g/mol. The van der Waals surface area contributed by atoms with E-state index in [0.717, 1.165) is 15.4 Å². The second-order valence-electron chi connectivity index (χ2n) is 7.65. The van der Waals surface area contributed by atoms with Crippen molar-refractivity contribution >= 4 is 27.6 Å². The molecule has 0 aromatic heterocycles. The molecule has 3 aromatic carbocycles. The number of fused-ring (bicyclic) bond motifs is 1. The van der Waals surface area contributed by atoms with Crippen molar-refractivity contribution in [2.75, 3.05) is 19.4 Å². The van der Waals surface area contributed by atoms with Crippen LogP contribution in [0.1, 0.15) is 37.9 Å². The standard InChI is InChI=1S/C24H22N2O5S/c1-26(2)32(29,30)20-11-9-19(10-12-20)25-23(27)17-8-13-21-18(14-17)15-22(31-24(21)28)16-6-4-3-5-7-16/h3-14,22H,15H2,1-2H3,(H,25,27). The number of cyclic esters (lactones) is 1. The molecule has 32 heavy (non-hydrogen) atoms. The van der Waals surface area contributed by atoms with Gasteiger partial charge in [0.25, 0.3) is 5.91 Å². The van der Waals surface area contributed by atoms with Crippen LogP contribution in [-0.4, -0.2) is 38.7 Å². The summed E-state index contributed by atoms with van der Waals surface area (Å²) < 4.78 is 31.0. The second-order valence-corrected chi connectivity index (χ2v) is 9.80. The van der Waals surface area contributed by atoms with E-state index in [2.05, 4.69) is 5.32 Å². The second kappa shape index (κ2) is 8.57. The fourth-order valence-electron chi connectivity index (χ4n) is 3.51. The molecule has 0 radical (unpaired) electrons. The van der Waals surface area contributed by atoms with Crippen molar-refractivity contribution in [3.63, 3.8) is 0 Å². The Morgan fingerprint density at radius 3 is 2.34 bits per heavy atom. The minimum Gasteiger partial charge on any atom is -0.454 e. The summed E-state index contributed by atoms with van der Waals surface area (Å²) in [5, 5.41) is 2.76. The quantitative estimate of drug-likeness (QED) is 0.599. The zero-order chi connectivity index (χ0) is 22.9. The molecule has 0 aliphatic carbocycles. The predicted molar refractivity (Wildman–Crippen MR) is 120 cm³/mol. The molecule has 1 atom stereocenters. The maximum absolute atomic E-state index is 12.8. The largest absolute Gasteiger partial charge is 0.454 e. The molecule has 3 aromatic rings. The normalized spacial score (nSPS) is 15.7. The molecule has 0 saturated heterocycles. The summed E-state index contributed by atoms with van der Waals surface area (Å²) in [5.74, 6) is -0.768. The average molecular weight is 451 g/mol. The minimum atomic E-state index is -3.54. The monoisotopic (exact) mass is 450 g/mol. The van der Waals surface area contributed by atoms with Gasteiger partial charge in [-0.1, -0.05) is 30.3 Å². The number of amides is 1. The molecule has 1 amide bonds. The summed E-state index contributed by atoms with van der Waals surface area (Å²) in [6.45, 7) is 0. The van der Waals surface area contributed by atoms with E-state index >= 15 is 0 Å². The van der Waals surface area contributed by atoms with Gasteiger partial charge in [0.1, 0.15) is 6.10 Å². The van der Waals surface area contributed by atoms with E-state index in [1.54, 1.807) is 18.2 Å². The number of anilines is 1. The number of benzene rings is 3. The van der Waals surface area contributed by atoms with Crippen molar-refractivity contribution in [3.05, 3.63) is 95.1 Å². The Bertz CT molecular complexity index is 1270. The molecular formula is C24H22N2O5S. The Morgan fingerprint density at radius 1 is 1.00 bits per heavy atom. The summed E-state index contributed by atoms with van der Waals surface area (Å²) in [5.41, 5.74) is 2.96.